The van der Waals surface area contributed by atoms with E-state index in [0.717, 1.165) is 0 Å². The molecule has 0 saturated carbocycles. The molecule has 0 radical (unpaired) electrons. The Bertz CT molecular complexity index is 1280. The number of anilines is 1. The molecule has 1 aromatic heterocycles. The number of aromatic nitrogens is 1. The molecular weight excluding hydrogens is 420 g/mol. The van der Waals surface area contributed by atoms with Gasteiger partial charge in [0, 0.05) is 11.6 Å². The number of methoxy groups -OCH3 is 1. The van der Waals surface area contributed by atoms with Crippen LogP contribution >= 0.6 is 0 Å². The van der Waals surface area contributed by atoms with Crippen molar-refractivity contribution in [3.63, 3.8) is 0 Å². The number of aromatic carboxylic acids is 1. The number of carboxylic acids is 1. The van der Waals surface area contributed by atoms with Gasteiger partial charge in [-0.2, -0.15) is 0 Å². The SMILES string of the molecule is CC#CCOc1ccc(S(=O)(=O)CNc2c(C(=O)O)cnc3c(OC)cccc23)cc1. The molecule has 0 aliphatic carbocycles. The molecule has 8 nitrogen and oxygen atoms in total. The van der Waals surface area contributed by atoms with Crippen LogP contribution in [0.3, 0.4) is 0 Å². The van der Waals surface area contributed by atoms with Gasteiger partial charge in [0.2, 0.25) is 0 Å². The fourth-order valence-corrected chi connectivity index (χ4v) is 3.95. The number of sulfone groups is 1. The molecule has 0 fully saturated rings. The largest absolute Gasteiger partial charge is 0.494 e. The van der Waals surface area contributed by atoms with E-state index in [-0.39, 0.29) is 22.8 Å². The monoisotopic (exact) mass is 440 g/mol. The summed E-state index contributed by atoms with van der Waals surface area (Å²) in [7, 11) is -2.29. The average molecular weight is 440 g/mol. The van der Waals surface area contributed by atoms with Crippen LogP contribution in [0.15, 0.2) is 53.6 Å². The molecule has 1 heterocycles. The van der Waals surface area contributed by atoms with E-state index in [1.54, 1.807) is 37.3 Å². The lowest BCUT2D eigenvalue weighted by Crippen LogP contribution is -2.17. The van der Waals surface area contributed by atoms with Crippen molar-refractivity contribution in [2.45, 2.75) is 11.8 Å². The zero-order chi connectivity index (χ0) is 22.4. The van der Waals surface area contributed by atoms with Gasteiger partial charge in [0.25, 0.3) is 0 Å². The van der Waals surface area contributed by atoms with Crippen molar-refractivity contribution < 1.29 is 27.8 Å². The Hall–Kier alpha value is -3.77. The second-order valence-electron chi connectivity index (χ2n) is 6.33. The number of carbonyl (C=O) groups is 1. The molecule has 0 spiro atoms. The Labute approximate surface area is 179 Å². The molecule has 2 N–H and O–H groups in total. The van der Waals surface area contributed by atoms with Crippen LogP contribution in [-0.2, 0) is 9.84 Å². The fourth-order valence-electron chi connectivity index (χ4n) is 2.90. The van der Waals surface area contributed by atoms with E-state index in [1.807, 2.05) is 0 Å². The van der Waals surface area contributed by atoms with Crippen LogP contribution < -0.4 is 14.8 Å². The van der Waals surface area contributed by atoms with Gasteiger partial charge in [-0.25, -0.2) is 13.2 Å². The molecule has 0 saturated heterocycles. The summed E-state index contributed by atoms with van der Waals surface area (Å²) in [6, 6.07) is 11.0. The van der Waals surface area contributed by atoms with Gasteiger partial charge in [-0.05, 0) is 37.3 Å². The summed E-state index contributed by atoms with van der Waals surface area (Å²) in [4.78, 5) is 15.9. The molecule has 2 aromatic carbocycles. The second-order valence-corrected chi connectivity index (χ2v) is 8.32. The van der Waals surface area contributed by atoms with Crippen LogP contribution in [-0.4, -0.2) is 44.1 Å². The highest BCUT2D eigenvalue weighted by Crippen LogP contribution is 2.32. The first kappa shape index (κ1) is 21.9. The van der Waals surface area contributed by atoms with E-state index in [4.69, 9.17) is 9.47 Å². The molecule has 3 rings (SSSR count). The predicted molar refractivity (Wildman–Crippen MR) is 116 cm³/mol. The summed E-state index contributed by atoms with van der Waals surface area (Å²) in [6.45, 7) is 1.91. The quantitative estimate of drug-likeness (QED) is 0.513. The molecule has 0 amide bonds. The van der Waals surface area contributed by atoms with Gasteiger partial charge in [0.1, 0.15) is 35.1 Å². The number of carboxylic acid groups (broad SMARTS) is 1. The van der Waals surface area contributed by atoms with E-state index in [1.165, 1.54) is 25.4 Å². The maximum atomic E-state index is 12.8. The normalized spacial score (nSPS) is 10.8. The van der Waals surface area contributed by atoms with Crippen molar-refractivity contribution >= 4 is 32.4 Å². The standard InChI is InChI=1S/C22H20N2O6S/c1-3-4-12-30-15-8-10-16(11-9-15)31(27,28)14-24-20-17-6-5-7-19(29-2)21(17)23-13-18(20)22(25)26/h5-11,13H,12,14H2,1-2H3,(H,23,24)(H,25,26). The Morgan fingerprint density at radius 2 is 1.94 bits per heavy atom. The van der Waals surface area contributed by atoms with E-state index >= 15 is 0 Å². The minimum absolute atomic E-state index is 0.0711. The summed E-state index contributed by atoms with van der Waals surface area (Å²) in [5, 5.41) is 12.7. The van der Waals surface area contributed by atoms with Crippen LogP contribution in [0.25, 0.3) is 10.9 Å². The van der Waals surface area contributed by atoms with Crippen molar-refractivity contribution in [1.82, 2.24) is 4.98 Å². The number of nitrogens with one attached hydrogen (secondary N) is 1. The smallest absolute Gasteiger partial charge is 0.339 e. The molecule has 0 aliphatic rings. The minimum Gasteiger partial charge on any atom is -0.494 e. The third kappa shape index (κ3) is 4.87. The minimum atomic E-state index is -3.77. The number of para-hydroxylation sites is 1. The molecule has 160 valence electrons. The average Bonchev–Trinajstić information content (AvgIpc) is 2.77. The van der Waals surface area contributed by atoms with Crippen LogP contribution in [0.2, 0.25) is 0 Å². The van der Waals surface area contributed by atoms with Gasteiger partial charge >= 0.3 is 5.97 Å². The van der Waals surface area contributed by atoms with Crippen molar-refractivity contribution in [2.75, 3.05) is 24.9 Å². The first-order valence-corrected chi connectivity index (χ1v) is 10.8. The number of pyridine rings is 1. The van der Waals surface area contributed by atoms with Crippen LogP contribution in [0, 0.1) is 11.8 Å². The summed E-state index contributed by atoms with van der Waals surface area (Å²) in [5.74, 6) is 4.67. The van der Waals surface area contributed by atoms with E-state index in [9.17, 15) is 18.3 Å². The zero-order valence-corrected chi connectivity index (χ0v) is 17.7. The number of fused-ring (bicyclic) bond motifs is 1. The first-order valence-electron chi connectivity index (χ1n) is 9.15. The van der Waals surface area contributed by atoms with E-state index in [0.29, 0.717) is 22.4 Å². The number of benzene rings is 2. The Kier molecular flexibility index (Phi) is 6.62. The number of rotatable bonds is 8. The van der Waals surface area contributed by atoms with Gasteiger partial charge in [-0.1, -0.05) is 18.1 Å². The Morgan fingerprint density at radius 3 is 2.58 bits per heavy atom. The summed E-state index contributed by atoms with van der Waals surface area (Å²) < 4.78 is 36.3. The van der Waals surface area contributed by atoms with E-state index < -0.39 is 21.7 Å². The van der Waals surface area contributed by atoms with E-state index in [2.05, 4.69) is 22.1 Å². The molecule has 0 aliphatic heterocycles. The number of ether oxygens (including phenoxy) is 2. The third-order valence-electron chi connectivity index (χ3n) is 4.42. The Balaban J connectivity index is 1.89. The third-order valence-corrected chi connectivity index (χ3v) is 5.94. The van der Waals surface area contributed by atoms with Crippen LogP contribution in [0.1, 0.15) is 17.3 Å². The van der Waals surface area contributed by atoms with Crippen molar-refractivity contribution in [3.8, 4) is 23.3 Å². The molecule has 0 atom stereocenters. The van der Waals surface area contributed by atoms with Gasteiger partial charge < -0.3 is 19.9 Å². The van der Waals surface area contributed by atoms with Gasteiger partial charge in [-0.3, -0.25) is 4.98 Å². The molecule has 0 bridgehead atoms. The predicted octanol–water partition coefficient (Wildman–Crippen LogP) is 3.19. The molecule has 3 aromatic rings. The van der Waals surface area contributed by atoms with Gasteiger partial charge in [0.05, 0.1) is 17.7 Å². The molecule has 9 heteroatoms. The first-order chi connectivity index (χ1) is 14.9. The molecule has 31 heavy (non-hydrogen) atoms. The second kappa shape index (κ2) is 9.36. The van der Waals surface area contributed by atoms with Gasteiger partial charge in [-0.15, -0.1) is 5.92 Å². The van der Waals surface area contributed by atoms with Crippen molar-refractivity contribution in [2.24, 2.45) is 0 Å². The molecule has 0 unspecified atom stereocenters. The Morgan fingerprint density at radius 1 is 1.19 bits per heavy atom. The highest BCUT2D eigenvalue weighted by atomic mass is 32.2. The lowest BCUT2D eigenvalue weighted by Gasteiger charge is -2.14. The lowest BCUT2D eigenvalue weighted by atomic mass is 10.1. The van der Waals surface area contributed by atoms with Crippen LogP contribution in [0.5, 0.6) is 11.5 Å². The highest BCUT2D eigenvalue weighted by molar-refractivity contribution is 7.91. The highest BCUT2D eigenvalue weighted by Gasteiger charge is 2.20. The maximum Gasteiger partial charge on any atom is 0.339 e. The lowest BCUT2D eigenvalue weighted by molar-refractivity contribution is 0.0697. The summed E-state index contributed by atoms with van der Waals surface area (Å²) in [6.07, 6.45) is 1.17. The fraction of sp³-hybridized carbons (Fsp3) is 0.182. The topological polar surface area (TPSA) is 115 Å². The molecular formula is C22H20N2O6S. The van der Waals surface area contributed by atoms with Crippen molar-refractivity contribution in [1.29, 1.82) is 0 Å². The number of hydrogen-bond donors (Lipinski definition) is 2. The number of nitrogens with zero attached hydrogens (tertiary/aromatic N) is 1. The number of hydrogen-bond acceptors (Lipinski definition) is 7. The maximum absolute atomic E-state index is 12.8. The van der Waals surface area contributed by atoms with Crippen LogP contribution in [0.4, 0.5) is 5.69 Å². The van der Waals surface area contributed by atoms with Gasteiger partial charge in [0.15, 0.2) is 9.84 Å². The summed E-state index contributed by atoms with van der Waals surface area (Å²) in [5.41, 5.74) is 0.432. The summed E-state index contributed by atoms with van der Waals surface area (Å²) >= 11 is 0. The van der Waals surface area contributed by atoms with Crippen molar-refractivity contribution in [3.05, 3.63) is 54.2 Å². The zero-order valence-electron chi connectivity index (χ0n) is 16.9.